The first-order valence-electron chi connectivity index (χ1n) is 6.57. The summed E-state index contributed by atoms with van der Waals surface area (Å²) in [6, 6.07) is 10.7. The van der Waals surface area contributed by atoms with Gasteiger partial charge in [-0.3, -0.25) is 0 Å². The third-order valence-electron chi connectivity index (χ3n) is 3.12. The maximum atomic E-state index is 12.3. The first-order valence-corrected chi connectivity index (χ1v) is 8.76. The second-order valence-corrected chi connectivity index (χ2v) is 7.85. The van der Waals surface area contributed by atoms with Gasteiger partial charge >= 0.3 is 0 Å². The number of benzene rings is 2. The lowest BCUT2D eigenvalue weighted by atomic mass is 10.1. The molecule has 21 heavy (non-hydrogen) atoms. The Morgan fingerprint density at radius 3 is 2.19 bits per heavy atom. The SMILES string of the molecule is Cc1cc(C)cc(CS(=O)(=O)Cc2ccc(N)cc2Cl)c1. The van der Waals surface area contributed by atoms with E-state index in [0.29, 0.717) is 16.3 Å². The summed E-state index contributed by atoms with van der Waals surface area (Å²) in [4.78, 5) is 0. The van der Waals surface area contributed by atoms with Crippen LogP contribution in [0.25, 0.3) is 0 Å². The van der Waals surface area contributed by atoms with Crippen molar-refractivity contribution in [3.8, 4) is 0 Å². The van der Waals surface area contributed by atoms with Gasteiger partial charge in [0.15, 0.2) is 9.84 Å². The Morgan fingerprint density at radius 1 is 1.00 bits per heavy atom. The van der Waals surface area contributed by atoms with Crippen LogP contribution in [0.2, 0.25) is 5.02 Å². The van der Waals surface area contributed by atoms with E-state index in [1.54, 1.807) is 18.2 Å². The van der Waals surface area contributed by atoms with Crippen LogP contribution in [-0.4, -0.2) is 8.42 Å². The maximum Gasteiger partial charge on any atom is 0.158 e. The van der Waals surface area contributed by atoms with Gasteiger partial charge in [0.2, 0.25) is 0 Å². The van der Waals surface area contributed by atoms with E-state index in [0.717, 1.165) is 16.7 Å². The lowest BCUT2D eigenvalue weighted by molar-refractivity contribution is 0.594. The minimum atomic E-state index is -3.28. The fourth-order valence-electron chi connectivity index (χ4n) is 2.37. The van der Waals surface area contributed by atoms with Gasteiger partial charge < -0.3 is 5.73 Å². The molecular formula is C16H18ClNO2S. The number of halogens is 1. The molecule has 2 aromatic rings. The predicted octanol–water partition coefficient (Wildman–Crippen LogP) is 3.65. The summed E-state index contributed by atoms with van der Waals surface area (Å²) >= 11 is 6.04. The number of hydrogen-bond acceptors (Lipinski definition) is 3. The quantitative estimate of drug-likeness (QED) is 0.874. The molecule has 2 aromatic carbocycles. The molecule has 112 valence electrons. The van der Waals surface area contributed by atoms with Crippen molar-refractivity contribution >= 4 is 27.1 Å². The normalized spacial score (nSPS) is 11.6. The van der Waals surface area contributed by atoms with E-state index in [1.165, 1.54) is 0 Å². The second kappa shape index (κ2) is 6.08. The van der Waals surface area contributed by atoms with Crippen LogP contribution < -0.4 is 5.73 Å². The fraction of sp³-hybridized carbons (Fsp3) is 0.250. The first kappa shape index (κ1) is 15.9. The van der Waals surface area contributed by atoms with Gasteiger partial charge in [-0.25, -0.2) is 8.42 Å². The highest BCUT2D eigenvalue weighted by molar-refractivity contribution is 7.89. The van der Waals surface area contributed by atoms with Crippen LogP contribution in [0.3, 0.4) is 0 Å². The van der Waals surface area contributed by atoms with Crippen molar-refractivity contribution in [3.63, 3.8) is 0 Å². The van der Waals surface area contributed by atoms with E-state index in [-0.39, 0.29) is 11.5 Å². The highest BCUT2D eigenvalue weighted by atomic mass is 35.5. The van der Waals surface area contributed by atoms with E-state index >= 15 is 0 Å². The van der Waals surface area contributed by atoms with Gasteiger partial charge in [0.05, 0.1) is 11.5 Å². The molecule has 0 aromatic heterocycles. The standard InChI is InChI=1S/C16H18ClNO2S/c1-11-5-12(2)7-13(6-11)9-21(19,20)10-14-3-4-15(18)8-16(14)17/h3-8H,9-10,18H2,1-2H3. The predicted molar refractivity (Wildman–Crippen MR) is 88.1 cm³/mol. The summed E-state index contributed by atoms with van der Waals surface area (Å²) in [7, 11) is -3.28. The molecule has 0 bridgehead atoms. The largest absolute Gasteiger partial charge is 0.399 e. The summed E-state index contributed by atoms with van der Waals surface area (Å²) in [5.74, 6) is -0.0741. The Labute approximate surface area is 130 Å². The zero-order chi connectivity index (χ0) is 15.6. The molecule has 0 saturated heterocycles. The molecule has 0 radical (unpaired) electrons. The van der Waals surface area contributed by atoms with Gasteiger partial charge in [-0.15, -0.1) is 0 Å². The highest BCUT2D eigenvalue weighted by Gasteiger charge is 2.15. The molecule has 2 rings (SSSR count). The van der Waals surface area contributed by atoms with Crippen LogP contribution in [0.1, 0.15) is 22.3 Å². The van der Waals surface area contributed by atoms with Crippen molar-refractivity contribution in [2.45, 2.75) is 25.4 Å². The minimum absolute atomic E-state index is 0.0101. The molecule has 0 saturated carbocycles. The van der Waals surface area contributed by atoms with Gasteiger partial charge in [-0.05, 0) is 37.1 Å². The molecule has 0 aliphatic rings. The molecule has 0 fully saturated rings. The average molecular weight is 324 g/mol. The monoisotopic (exact) mass is 323 g/mol. The number of nitrogens with two attached hydrogens (primary N) is 1. The molecule has 0 aliphatic carbocycles. The Bertz CT molecular complexity index is 750. The van der Waals surface area contributed by atoms with Crippen LogP contribution in [-0.2, 0) is 21.3 Å². The van der Waals surface area contributed by atoms with Gasteiger partial charge in [-0.2, -0.15) is 0 Å². The van der Waals surface area contributed by atoms with E-state index in [2.05, 4.69) is 0 Å². The van der Waals surface area contributed by atoms with Gasteiger partial charge in [0, 0.05) is 10.7 Å². The fourth-order valence-corrected chi connectivity index (χ4v) is 4.21. The molecule has 0 spiro atoms. The van der Waals surface area contributed by atoms with Crippen LogP contribution >= 0.6 is 11.6 Å². The molecule has 0 heterocycles. The molecule has 5 heteroatoms. The number of rotatable bonds is 4. The first-order chi connectivity index (χ1) is 9.75. The van der Waals surface area contributed by atoms with E-state index in [9.17, 15) is 8.42 Å². The smallest absolute Gasteiger partial charge is 0.158 e. The third-order valence-corrected chi connectivity index (χ3v) is 5.00. The zero-order valence-electron chi connectivity index (χ0n) is 12.1. The topological polar surface area (TPSA) is 60.2 Å². The van der Waals surface area contributed by atoms with Gasteiger partial charge in [0.25, 0.3) is 0 Å². The van der Waals surface area contributed by atoms with Crippen molar-refractivity contribution in [3.05, 3.63) is 63.7 Å². The van der Waals surface area contributed by atoms with E-state index in [1.807, 2.05) is 32.0 Å². The Kier molecular flexibility index (Phi) is 4.59. The van der Waals surface area contributed by atoms with Crippen molar-refractivity contribution < 1.29 is 8.42 Å². The van der Waals surface area contributed by atoms with Crippen LogP contribution in [0.5, 0.6) is 0 Å². The Morgan fingerprint density at radius 2 is 1.62 bits per heavy atom. The van der Waals surface area contributed by atoms with Crippen LogP contribution in [0, 0.1) is 13.8 Å². The summed E-state index contributed by atoms with van der Waals surface area (Å²) in [6.07, 6.45) is 0. The lowest BCUT2D eigenvalue weighted by Crippen LogP contribution is -2.08. The molecule has 0 amide bonds. The number of sulfone groups is 1. The molecule has 0 aliphatic heterocycles. The summed E-state index contributed by atoms with van der Waals surface area (Å²) in [5, 5.41) is 0.388. The minimum Gasteiger partial charge on any atom is -0.399 e. The van der Waals surface area contributed by atoms with E-state index in [4.69, 9.17) is 17.3 Å². The van der Waals surface area contributed by atoms with Crippen LogP contribution in [0.15, 0.2) is 36.4 Å². The molecule has 2 N–H and O–H groups in total. The summed E-state index contributed by atoms with van der Waals surface area (Å²) in [6.45, 7) is 3.92. The van der Waals surface area contributed by atoms with Crippen molar-refractivity contribution in [2.75, 3.05) is 5.73 Å². The van der Waals surface area contributed by atoms with Gasteiger partial charge in [-0.1, -0.05) is 47.0 Å². The molecule has 0 atom stereocenters. The highest BCUT2D eigenvalue weighted by Crippen LogP contribution is 2.23. The second-order valence-electron chi connectivity index (χ2n) is 5.38. The summed E-state index contributed by atoms with van der Waals surface area (Å²) < 4.78 is 24.7. The zero-order valence-corrected chi connectivity index (χ0v) is 13.6. The molecular weight excluding hydrogens is 306 g/mol. The number of hydrogen-bond donors (Lipinski definition) is 1. The van der Waals surface area contributed by atoms with Crippen molar-refractivity contribution in [1.29, 1.82) is 0 Å². The summed E-state index contributed by atoms with van der Waals surface area (Å²) in [5.41, 5.74) is 9.64. The van der Waals surface area contributed by atoms with E-state index < -0.39 is 9.84 Å². The van der Waals surface area contributed by atoms with Crippen LogP contribution in [0.4, 0.5) is 5.69 Å². The van der Waals surface area contributed by atoms with Crippen molar-refractivity contribution in [1.82, 2.24) is 0 Å². The average Bonchev–Trinajstić information content (AvgIpc) is 2.30. The number of anilines is 1. The number of nitrogen functional groups attached to an aromatic ring is 1. The number of aryl methyl sites for hydroxylation is 2. The maximum absolute atomic E-state index is 12.3. The Balaban J connectivity index is 2.22. The van der Waals surface area contributed by atoms with Crippen molar-refractivity contribution in [2.24, 2.45) is 0 Å². The third kappa shape index (κ3) is 4.48. The van der Waals surface area contributed by atoms with Gasteiger partial charge in [0.1, 0.15) is 0 Å². The molecule has 3 nitrogen and oxygen atoms in total. The molecule has 0 unspecified atom stereocenters. The lowest BCUT2D eigenvalue weighted by Gasteiger charge is -2.09. The Hall–Kier alpha value is -1.52.